The van der Waals surface area contributed by atoms with Gasteiger partial charge in [0.2, 0.25) is 0 Å². The molecule has 0 unspecified atom stereocenters. The molecule has 0 aliphatic carbocycles. The highest BCUT2D eigenvalue weighted by atomic mass is 19.4. The molecule has 3 aromatic carbocycles. The summed E-state index contributed by atoms with van der Waals surface area (Å²) in [7, 11) is 0. The van der Waals surface area contributed by atoms with Crippen LogP contribution in [0.2, 0.25) is 0 Å². The summed E-state index contributed by atoms with van der Waals surface area (Å²) in [5.41, 5.74) is 11.5. The molecule has 0 bridgehead atoms. The minimum Gasteiger partial charge on any atom is -0.455 e. The summed E-state index contributed by atoms with van der Waals surface area (Å²) in [5, 5.41) is 0. The maximum Gasteiger partial charge on any atom is 0.418 e. The smallest absolute Gasteiger partial charge is 0.418 e. The quantitative estimate of drug-likeness (QED) is 0.487. The molecule has 0 fully saturated rings. The van der Waals surface area contributed by atoms with Crippen LogP contribution in [0.5, 0.6) is 11.5 Å². The summed E-state index contributed by atoms with van der Waals surface area (Å²) in [4.78, 5) is 4.10. The number of alkyl halides is 3. The summed E-state index contributed by atoms with van der Waals surface area (Å²) in [6, 6.07) is 15.8. The number of nitrogens with zero attached hydrogens (tertiary/aromatic N) is 2. The van der Waals surface area contributed by atoms with Gasteiger partial charge in [0.15, 0.2) is 5.75 Å². The second kappa shape index (κ2) is 6.49. The number of rotatable bonds is 3. The molecule has 0 amide bonds. The first-order valence-electron chi connectivity index (χ1n) is 8.29. The summed E-state index contributed by atoms with van der Waals surface area (Å²) in [5.74, 6) is 0.878. The molecular formula is C20H15F3N4O. The molecule has 4 aromatic rings. The molecule has 4 rings (SSSR count). The van der Waals surface area contributed by atoms with Crippen LogP contribution < -0.4 is 16.2 Å². The molecule has 0 atom stereocenters. The monoisotopic (exact) mass is 384 g/mol. The van der Waals surface area contributed by atoms with E-state index in [1.807, 2.05) is 0 Å². The van der Waals surface area contributed by atoms with E-state index in [-0.39, 0.29) is 16.7 Å². The van der Waals surface area contributed by atoms with Crippen LogP contribution in [0.15, 0.2) is 67.0 Å². The van der Waals surface area contributed by atoms with Gasteiger partial charge in [-0.15, -0.1) is 0 Å². The lowest BCUT2D eigenvalue weighted by Crippen LogP contribution is -2.09. The van der Waals surface area contributed by atoms with Gasteiger partial charge in [-0.1, -0.05) is 12.1 Å². The number of benzene rings is 3. The Hall–Kier alpha value is -3.68. The second-order valence-corrected chi connectivity index (χ2v) is 6.19. The van der Waals surface area contributed by atoms with Gasteiger partial charge in [0.05, 0.1) is 22.3 Å². The van der Waals surface area contributed by atoms with Crippen molar-refractivity contribution in [1.82, 2.24) is 9.55 Å². The first-order chi connectivity index (χ1) is 13.3. The van der Waals surface area contributed by atoms with E-state index in [2.05, 4.69) is 4.98 Å². The van der Waals surface area contributed by atoms with E-state index >= 15 is 0 Å². The molecule has 0 radical (unpaired) electrons. The predicted octanol–water partition coefficient (Wildman–Crippen LogP) is 5.00. The van der Waals surface area contributed by atoms with Gasteiger partial charge >= 0.3 is 6.18 Å². The van der Waals surface area contributed by atoms with Crippen molar-refractivity contribution in [3.63, 3.8) is 0 Å². The van der Waals surface area contributed by atoms with Crippen LogP contribution in [-0.2, 0) is 6.18 Å². The molecule has 1 heterocycles. The Labute approximate surface area is 158 Å². The van der Waals surface area contributed by atoms with Gasteiger partial charge in [-0.3, -0.25) is 4.57 Å². The Bertz CT molecular complexity index is 1150. The third-order valence-corrected chi connectivity index (χ3v) is 4.20. The zero-order chi connectivity index (χ0) is 19.9. The van der Waals surface area contributed by atoms with Crippen LogP contribution in [0.1, 0.15) is 5.56 Å². The lowest BCUT2D eigenvalue weighted by atomic mass is 10.1. The highest BCUT2D eigenvalue weighted by Crippen LogP contribution is 2.38. The molecule has 5 nitrogen and oxygen atoms in total. The summed E-state index contributed by atoms with van der Waals surface area (Å²) < 4.78 is 48.1. The van der Waals surface area contributed by atoms with E-state index < -0.39 is 11.7 Å². The molecule has 0 spiro atoms. The topological polar surface area (TPSA) is 79.1 Å². The molecular weight excluding hydrogens is 369 g/mol. The summed E-state index contributed by atoms with van der Waals surface area (Å²) in [6.45, 7) is 0. The van der Waals surface area contributed by atoms with Crippen molar-refractivity contribution in [1.29, 1.82) is 0 Å². The van der Waals surface area contributed by atoms with Crippen molar-refractivity contribution < 1.29 is 17.9 Å². The number of anilines is 2. The Kier molecular flexibility index (Phi) is 4.11. The van der Waals surface area contributed by atoms with E-state index in [1.54, 1.807) is 48.5 Å². The van der Waals surface area contributed by atoms with Gasteiger partial charge in [0.1, 0.15) is 12.1 Å². The summed E-state index contributed by atoms with van der Waals surface area (Å²) in [6.07, 6.45) is -3.26. The van der Waals surface area contributed by atoms with E-state index in [0.29, 0.717) is 22.9 Å². The fourth-order valence-electron chi connectivity index (χ4n) is 2.97. The molecule has 0 saturated heterocycles. The average Bonchev–Trinajstić information content (AvgIpc) is 3.06. The van der Waals surface area contributed by atoms with Crippen molar-refractivity contribution in [2.24, 2.45) is 0 Å². The number of nitrogen functional groups attached to an aromatic ring is 2. The van der Waals surface area contributed by atoms with Crippen LogP contribution >= 0.6 is 0 Å². The molecule has 8 heteroatoms. The number of para-hydroxylation sites is 2. The van der Waals surface area contributed by atoms with Crippen molar-refractivity contribution >= 4 is 22.4 Å². The number of nitrogens with two attached hydrogens (primary N) is 2. The van der Waals surface area contributed by atoms with Gasteiger partial charge in [-0.2, -0.15) is 13.2 Å². The number of hydrogen-bond donors (Lipinski definition) is 2. The summed E-state index contributed by atoms with van der Waals surface area (Å²) >= 11 is 0. The molecule has 28 heavy (non-hydrogen) atoms. The Morgan fingerprint density at radius 1 is 0.893 bits per heavy atom. The van der Waals surface area contributed by atoms with Gasteiger partial charge in [-0.25, -0.2) is 4.98 Å². The second-order valence-electron chi connectivity index (χ2n) is 6.19. The fourth-order valence-corrected chi connectivity index (χ4v) is 2.97. The van der Waals surface area contributed by atoms with Crippen LogP contribution in [0.4, 0.5) is 24.5 Å². The van der Waals surface area contributed by atoms with Gasteiger partial charge in [0.25, 0.3) is 0 Å². The van der Waals surface area contributed by atoms with E-state index in [9.17, 15) is 13.2 Å². The minimum atomic E-state index is -4.59. The highest BCUT2D eigenvalue weighted by Gasteiger charge is 2.35. The standard InChI is InChI=1S/C20H15F3N4O/c21-20(22,23)15-9-13(25)10-16-19(15)27(11-26-16)17-3-1-2-4-18(17)28-14-7-5-12(24)6-8-14/h1-11H,24-25H2. The van der Waals surface area contributed by atoms with Crippen LogP contribution in [0, 0.1) is 0 Å². The number of halogens is 3. The maximum absolute atomic E-state index is 13.6. The van der Waals surface area contributed by atoms with Crippen molar-refractivity contribution in [2.75, 3.05) is 11.5 Å². The Morgan fingerprint density at radius 2 is 1.61 bits per heavy atom. The molecule has 0 aliphatic heterocycles. The van der Waals surface area contributed by atoms with E-state index in [0.717, 1.165) is 6.07 Å². The molecule has 0 aliphatic rings. The van der Waals surface area contributed by atoms with Crippen LogP contribution in [-0.4, -0.2) is 9.55 Å². The Balaban J connectivity index is 1.89. The fraction of sp³-hybridized carbons (Fsp3) is 0.0500. The molecule has 142 valence electrons. The number of aromatic nitrogens is 2. The largest absolute Gasteiger partial charge is 0.455 e. The first kappa shape index (κ1) is 17.7. The zero-order valence-corrected chi connectivity index (χ0v) is 14.4. The SMILES string of the molecule is Nc1ccc(Oc2ccccc2-n2cnc3cc(N)cc(C(F)(F)F)c32)cc1. The normalized spacial score (nSPS) is 11.7. The third-order valence-electron chi connectivity index (χ3n) is 4.20. The highest BCUT2D eigenvalue weighted by molar-refractivity contribution is 5.85. The lowest BCUT2D eigenvalue weighted by molar-refractivity contribution is -0.136. The molecule has 4 N–H and O–H groups in total. The van der Waals surface area contributed by atoms with Crippen LogP contribution in [0.3, 0.4) is 0 Å². The van der Waals surface area contributed by atoms with Gasteiger partial charge in [-0.05, 0) is 48.5 Å². The van der Waals surface area contributed by atoms with E-state index in [4.69, 9.17) is 16.2 Å². The van der Waals surface area contributed by atoms with Gasteiger partial charge < -0.3 is 16.2 Å². The number of ether oxygens (including phenoxy) is 1. The van der Waals surface area contributed by atoms with Crippen molar-refractivity contribution in [3.05, 3.63) is 72.6 Å². The molecule has 1 aromatic heterocycles. The van der Waals surface area contributed by atoms with Crippen molar-refractivity contribution in [2.45, 2.75) is 6.18 Å². The van der Waals surface area contributed by atoms with Gasteiger partial charge in [0, 0.05) is 11.4 Å². The third kappa shape index (κ3) is 3.20. The average molecular weight is 384 g/mol. The number of fused-ring (bicyclic) bond motifs is 1. The lowest BCUT2D eigenvalue weighted by Gasteiger charge is -2.15. The number of hydrogen-bond acceptors (Lipinski definition) is 4. The number of imidazole rings is 1. The van der Waals surface area contributed by atoms with E-state index in [1.165, 1.54) is 17.0 Å². The maximum atomic E-state index is 13.6. The zero-order valence-electron chi connectivity index (χ0n) is 14.4. The minimum absolute atomic E-state index is 0.00326. The van der Waals surface area contributed by atoms with Crippen molar-refractivity contribution in [3.8, 4) is 17.2 Å². The van der Waals surface area contributed by atoms with Crippen LogP contribution in [0.25, 0.3) is 16.7 Å². The predicted molar refractivity (Wildman–Crippen MR) is 101 cm³/mol. The molecule has 0 saturated carbocycles. The first-order valence-corrected chi connectivity index (χ1v) is 8.29. The Morgan fingerprint density at radius 3 is 2.32 bits per heavy atom.